The Hall–Kier alpha value is -3.94. The molecule has 0 radical (unpaired) electrons. The van der Waals surface area contributed by atoms with Crippen LogP contribution in [0, 0.1) is 6.92 Å². The van der Waals surface area contributed by atoms with Gasteiger partial charge in [0.25, 0.3) is 5.91 Å². The molecule has 1 atom stereocenters. The first-order valence-electron chi connectivity index (χ1n) is 11.1. The molecule has 1 amide bonds. The number of likely N-dealkylation sites (tertiary alicyclic amines) is 1. The lowest BCUT2D eigenvalue weighted by Crippen LogP contribution is -2.39. The largest absolute Gasteiger partial charge is 0.497 e. The Morgan fingerprint density at radius 3 is 2.79 bits per heavy atom. The van der Waals surface area contributed by atoms with Gasteiger partial charge in [-0.3, -0.25) is 14.2 Å². The normalized spacial score (nSPS) is 16.1. The predicted molar refractivity (Wildman–Crippen MR) is 126 cm³/mol. The van der Waals surface area contributed by atoms with Crippen molar-refractivity contribution in [1.29, 1.82) is 0 Å². The van der Waals surface area contributed by atoms with Gasteiger partial charge in [-0.15, -0.1) is 0 Å². The van der Waals surface area contributed by atoms with Crippen LogP contribution in [-0.4, -0.2) is 50.4 Å². The Morgan fingerprint density at radius 2 is 2.00 bits per heavy atom. The highest BCUT2D eigenvalue weighted by Gasteiger charge is 2.28. The number of aromatic nitrogens is 4. The molecule has 0 spiro atoms. The molecule has 4 heterocycles. The first-order valence-corrected chi connectivity index (χ1v) is 11.1. The monoisotopic (exact) mass is 442 g/mol. The molecular formula is C25H26N6O2. The van der Waals surface area contributed by atoms with Gasteiger partial charge in [0, 0.05) is 60.4 Å². The third-order valence-electron chi connectivity index (χ3n) is 5.93. The fraction of sp³-hybridized carbons (Fsp3) is 0.280. The fourth-order valence-electron chi connectivity index (χ4n) is 4.31. The first-order chi connectivity index (χ1) is 16.1. The molecule has 1 N–H and O–H groups in total. The maximum absolute atomic E-state index is 13.2. The number of piperidine rings is 1. The second kappa shape index (κ2) is 8.90. The predicted octanol–water partition coefficient (Wildman–Crippen LogP) is 4.20. The number of aryl methyl sites for hydroxylation is 1. The van der Waals surface area contributed by atoms with Gasteiger partial charge in [-0.1, -0.05) is 0 Å². The van der Waals surface area contributed by atoms with Crippen LogP contribution in [0.5, 0.6) is 5.75 Å². The van der Waals surface area contributed by atoms with E-state index in [1.807, 2.05) is 54.4 Å². The van der Waals surface area contributed by atoms with E-state index in [1.54, 1.807) is 23.9 Å². The van der Waals surface area contributed by atoms with Crippen LogP contribution in [0.25, 0.3) is 5.78 Å². The number of rotatable bonds is 5. The molecular weight excluding hydrogens is 416 g/mol. The second-order valence-electron chi connectivity index (χ2n) is 8.32. The van der Waals surface area contributed by atoms with Gasteiger partial charge in [0.15, 0.2) is 0 Å². The minimum Gasteiger partial charge on any atom is -0.497 e. The standard InChI is InChI=1S/C25H26N6O2/c1-17-13-20(28-19-6-8-21(33-2)9-7-19)14-22(27-17)18-5-3-11-30(15-18)24(32)23-16-31-12-4-10-26-25(31)29-23/h4,6-10,12-14,16,18H,3,5,11,15H2,1-2H3,(H,27,28)/t18-/m1/s1. The molecule has 8 nitrogen and oxygen atoms in total. The van der Waals surface area contributed by atoms with Crippen LogP contribution >= 0.6 is 0 Å². The van der Waals surface area contributed by atoms with E-state index in [1.165, 1.54) is 0 Å². The van der Waals surface area contributed by atoms with Crippen LogP contribution in [0.15, 0.2) is 61.1 Å². The van der Waals surface area contributed by atoms with Gasteiger partial charge < -0.3 is 15.0 Å². The average Bonchev–Trinajstić information content (AvgIpc) is 3.28. The van der Waals surface area contributed by atoms with Crippen molar-refractivity contribution in [3.8, 4) is 5.75 Å². The number of ether oxygens (including phenoxy) is 1. The average molecular weight is 443 g/mol. The molecule has 33 heavy (non-hydrogen) atoms. The molecule has 0 aliphatic carbocycles. The Labute approximate surface area is 192 Å². The minimum atomic E-state index is -0.0607. The van der Waals surface area contributed by atoms with Crippen LogP contribution < -0.4 is 10.1 Å². The van der Waals surface area contributed by atoms with Gasteiger partial charge in [0.1, 0.15) is 11.4 Å². The van der Waals surface area contributed by atoms with E-state index in [2.05, 4.69) is 21.4 Å². The lowest BCUT2D eigenvalue weighted by atomic mass is 9.93. The molecule has 3 aromatic heterocycles. The lowest BCUT2D eigenvalue weighted by molar-refractivity contribution is 0.0700. The summed E-state index contributed by atoms with van der Waals surface area (Å²) in [6.07, 6.45) is 7.19. The van der Waals surface area contributed by atoms with Crippen LogP contribution in [0.1, 0.15) is 40.6 Å². The van der Waals surface area contributed by atoms with Gasteiger partial charge in [0.05, 0.1) is 7.11 Å². The Kier molecular flexibility index (Phi) is 5.64. The summed E-state index contributed by atoms with van der Waals surface area (Å²) in [5, 5.41) is 3.45. The summed E-state index contributed by atoms with van der Waals surface area (Å²) in [7, 11) is 1.66. The summed E-state index contributed by atoms with van der Waals surface area (Å²) in [5.41, 5.74) is 4.33. The van der Waals surface area contributed by atoms with Crippen molar-refractivity contribution < 1.29 is 9.53 Å². The lowest BCUT2D eigenvalue weighted by Gasteiger charge is -2.32. The van der Waals surface area contributed by atoms with Gasteiger partial charge in [-0.25, -0.2) is 9.97 Å². The molecule has 1 saturated heterocycles. The topological polar surface area (TPSA) is 84.7 Å². The smallest absolute Gasteiger partial charge is 0.274 e. The molecule has 1 aromatic carbocycles. The van der Waals surface area contributed by atoms with Gasteiger partial charge in [0.2, 0.25) is 5.78 Å². The van der Waals surface area contributed by atoms with Crippen molar-refractivity contribution in [2.24, 2.45) is 0 Å². The number of fused-ring (bicyclic) bond motifs is 1. The second-order valence-corrected chi connectivity index (χ2v) is 8.32. The van der Waals surface area contributed by atoms with Crippen molar-refractivity contribution in [3.63, 3.8) is 0 Å². The number of carbonyl (C=O) groups is 1. The van der Waals surface area contributed by atoms with E-state index in [0.29, 0.717) is 18.0 Å². The van der Waals surface area contributed by atoms with E-state index in [-0.39, 0.29) is 11.8 Å². The number of hydrogen-bond acceptors (Lipinski definition) is 6. The van der Waals surface area contributed by atoms with Crippen LogP contribution in [0.3, 0.4) is 0 Å². The van der Waals surface area contributed by atoms with Gasteiger partial charge in [-0.2, -0.15) is 0 Å². The maximum Gasteiger partial charge on any atom is 0.274 e. The van der Waals surface area contributed by atoms with Crippen LogP contribution in [-0.2, 0) is 0 Å². The Morgan fingerprint density at radius 1 is 1.15 bits per heavy atom. The van der Waals surface area contributed by atoms with E-state index < -0.39 is 0 Å². The van der Waals surface area contributed by atoms with Crippen molar-refractivity contribution in [1.82, 2.24) is 24.3 Å². The Bertz CT molecular complexity index is 1250. The summed E-state index contributed by atoms with van der Waals surface area (Å²) in [6.45, 7) is 3.34. The number of nitrogens with zero attached hydrogens (tertiary/aromatic N) is 5. The highest BCUT2D eigenvalue weighted by atomic mass is 16.5. The maximum atomic E-state index is 13.2. The van der Waals surface area contributed by atoms with Crippen LogP contribution in [0.2, 0.25) is 0 Å². The number of pyridine rings is 1. The number of carbonyl (C=O) groups excluding carboxylic acids is 1. The van der Waals surface area contributed by atoms with Gasteiger partial charge in [-0.05, 0) is 62.2 Å². The number of hydrogen-bond donors (Lipinski definition) is 1. The van der Waals surface area contributed by atoms with E-state index in [0.717, 1.165) is 47.9 Å². The molecule has 0 unspecified atom stereocenters. The third-order valence-corrected chi connectivity index (χ3v) is 5.93. The summed E-state index contributed by atoms with van der Waals surface area (Å²) in [4.78, 5) is 28.5. The van der Waals surface area contributed by atoms with Crippen molar-refractivity contribution >= 4 is 23.1 Å². The fourth-order valence-corrected chi connectivity index (χ4v) is 4.31. The van der Waals surface area contributed by atoms with E-state index in [4.69, 9.17) is 9.72 Å². The zero-order chi connectivity index (χ0) is 22.8. The number of amides is 1. The molecule has 4 aromatic rings. The highest BCUT2D eigenvalue weighted by Crippen LogP contribution is 2.30. The molecule has 0 saturated carbocycles. The number of methoxy groups -OCH3 is 1. The van der Waals surface area contributed by atoms with Crippen molar-refractivity contribution in [2.45, 2.75) is 25.7 Å². The third kappa shape index (κ3) is 4.50. The summed E-state index contributed by atoms with van der Waals surface area (Å²) in [6, 6.07) is 13.8. The van der Waals surface area contributed by atoms with E-state index >= 15 is 0 Å². The number of benzene rings is 1. The molecule has 168 valence electrons. The molecule has 1 aliphatic heterocycles. The summed E-state index contributed by atoms with van der Waals surface area (Å²) < 4.78 is 7.01. The molecule has 1 aliphatic rings. The molecule has 1 fully saturated rings. The summed E-state index contributed by atoms with van der Waals surface area (Å²) >= 11 is 0. The molecule has 5 rings (SSSR count). The molecule has 8 heteroatoms. The van der Waals surface area contributed by atoms with Crippen molar-refractivity contribution in [3.05, 3.63) is 78.1 Å². The minimum absolute atomic E-state index is 0.0607. The van der Waals surface area contributed by atoms with E-state index in [9.17, 15) is 4.79 Å². The zero-order valence-electron chi connectivity index (χ0n) is 18.7. The van der Waals surface area contributed by atoms with Gasteiger partial charge >= 0.3 is 0 Å². The quantitative estimate of drug-likeness (QED) is 0.499. The molecule has 0 bridgehead atoms. The van der Waals surface area contributed by atoms with Crippen molar-refractivity contribution in [2.75, 3.05) is 25.5 Å². The number of imidazole rings is 1. The SMILES string of the molecule is COc1ccc(Nc2cc(C)nc([C@@H]3CCCN(C(=O)c4cn5cccnc5n4)C3)c2)cc1. The highest BCUT2D eigenvalue weighted by molar-refractivity contribution is 5.92. The zero-order valence-corrected chi connectivity index (χ0v) is 18.7. The first kappa shape index (κ1) is 20.9. The number of nitrogens with one attached hydrogen (secondary N) is 1. The Balaban J connectivity index is 1.33. The summed E-state index contributed by atoms with van der Waals surface area (Å²) in [5.74, 6) is 1.47. The van der Waals surface area contributed by atoms with Crippen LogP contribution in [0.4, 0.5) is 11.4 Å². The number of anilines is 2.